The molecule has 0 aliphatic carbocycles. The molecule has 0 fully saturated rings. The van der Waals surface area contributed by atoms with E-state index < -0.39 is 0 Å². The lowest BCUT2D eigenvalue weighted by Gasteiger charge is -2.13. The van der Waals surface area contributed by atoms with Crippen molar-refractivity contribution in [2.24, 2.45) is 0 Å². The Balaban J connectivity index is 1.90. The Morgan fingerprint density at radius 2 is 1.72 bits per heavy atom. The van der Waals surface area contributed by atoms with Crippen molar-refractivity contribution in [2.45, 2.75) is 36.1 Å². The summed E-state index contributed by atoms with van der Waals surface area (Å²) in [5.41, 5.74) is 2.21. The lowest BCUT2D eigenvalue weighted by molar-refractivity contribution is 0.626. The maximum absolute atomic E-state index is 12.6. The van der Waals surface area contributed by atoms with Gasteiger partial charge in [0.2, 0.25) is 0 Å². The predicted octanol–water partition coefficient (Wildman–Crippen LogP) is 5.33. The minimum atomic E-state index is -0.115. The highest BCUT2D eigenvalue weighted by Crippen LogP contribution is 2.35. The number of hydrogen-bond acceptors (Lipinski definition) is 3. The molecule has 3 nitrogen and oxygen atoms in total. The maximum Gasteiger partial charge on any atom is 0.282 e. The van der Waals surface area contributed by atoms with Crippen LogP contribution >= 0.6 is 27.7 Å². The van der Waals surface area contributed by atoms with Crippen LogP contribution in [-0.4, -0.2) is 9.78 Å². The van der Waals surface area contributed by atoms with Gasteiger partial charge in [-0.3, -0.25) is 4.79 Å². The number of hydrogen-bond donors (Lipinski definition) is 0. The van der Waals surface area contributed by atoms with Gasteiger partial charge in [-0.2, -0.15) is 5.10 Å². The number of aromatic nitrogens is 2. The Bertz CT molecular complexity index is 922. The van der Waals surface area contributed by atoms with E-state index >= 15 is 0 Å². The number of nitrogens with zero attached hydrogens (tertiary/aromatic N) is 2. The third-order valence-corrected chi connectivity index (χ3v) is 6.04. The summed E-state index contributed by atoms with van der Waals surface area (Å²) in [6.07, 6.45) is 1.76. The zero-order valence-electron chi connectivity index (χ0n) is 14.1. The van der Waals surface area contributed by atoms with Crippen molar-refractivity contribution >= 4 is 27.7 Å². The van der Waals surface area contributed by atoms with Crippen molar-refractivity contribution in [2.75, 3.05) is 0 Å². The van der Waals surface area contributed by atoms with Crippen LogP contribution in [0.15, 0.2) is 79.9 Å². The first-order valence-corrected chi connectivity index (χ1v) is 9.73. The molecule has 0 bridgehead atoms. The van der Waals surface area contributed by atoms with Crippen LogP contribution in [0.3, 0.4) is 0 Å². The molecular weight excluding hydrogens is 396 g/mol. The molecule has 3 rings (SSSR count). The fourth-order valence-electron chi connectivity index (χ4n) is 2.56. The van der Waals surface area contributed by atoms with Crippen molar-refractivity contribution in [3.05, 3.63) is 86.7 Å². The van der Waals surface area contributed by atoms with Crippen LogP contribution in [0, 0.1) is 0 Å². The van der Waals surface area contributed by atoms with Crippen LogP contribution < -0.4 is 5.56 Å². The van der Waals surface area contributed by atoms with Crippen LogP contribution in [-0.2, 0) is 6.54 Å². The molecule has 0 spiro atoms. The van der Waals surface area contributed by atoms with E-state index in [4.69, 9.17) is 0 Å². The van der Waals surface area contributed by atoms with Gasteiger partial charge in [0.25, 0.3) is 5.56 Å². The van der Waals surface area contributed by atoms with Gasteiger partial charge in [0.1, 0.15) is 0 Å². The first-order chi connectivity index (χ1) is 12.1. The van der Waals surface area contributed by atoms with E-state index in [1.165, 1.54) is 10.2 Å². The van der Waals surface area contributed by atoms with Gasteiger partial charge in [-0.15, -0.1) is 0 Å². The van der Waals surface area contributed by atoms with Crippen LogP contribution in [0.4, 0.5) is 0 Å². The van der Waals surface area contributed by atoms with Gasteiger partial charge in [-0.25, -0.2) is 4.68 Å². The molecule has 0 radical (unpaired) electrons. The predicted molar refractivity (Wildman–Crippen MR) is 106 cm³/mol. The van der Waals surface area contributed by atoms with Crippen molar-refractivity contribution in [1.29, 1.82) is 0 Å². The monoisotopic (exact) mass is 414 g/mol. The van der Waals surface area contributed by atoms with Gasteiger partial charge in [-0.05, 0) is 39.0 Å². The highest BCUT2D eigenvalue weighted by molar-refractivity contribution is 9.10. The summed E-state index contributed by atoms with van der Waals surface area (Å²) < 4.78 is 2.04. The molecule has 3 aromatic rings. The first-order valence-electron chi connectivity index (χ1n) is 8.12. The zero-order valence-corrected chi connectivity index (χ0v) is 16.5. The summed E-state index contributed by atoms with van der Waals surface area (Å²) >= 11 is 5.04. The Kier molecular flexibility index (Phi) is 5.76. The van der Waals surface area contributed by atoms with Crippen molar-refractivity contribution in [3.8, 4) is 0 Å². The molecule has 0 unspecified atom stereocenters. The summed E-state index contributed by atoms with van der Waals surface area (Å²) in [5.74, 6) is 0.425. The quantitative estimate of drug-likeness (QED) is 0.565. The second-order valence-corrected chi connectivity index (χ2v) is 7.94. The highest BCUT2D eigenvalue weighted by atomic mass is 79.9. The van der Waals surface area contributed by atoms with Gasteiger partial charge in [0.05, 0.1) is 22.1 Å². The minimum Gasteiger partial charge on any atom is -0.266 e. The van der Waals surface area contributed by atoms with E-state index in [1.54, 1.807) is 18.0 Å². The fourth-order valence-corrected chi connectivity index (χ4v) is 4.19. The van der Waals surface area contributed by atoms with Gasteiger partial charge in [0, 0.05) is 4.90 Å². The fraction of sp³-hybridized carbons (Fsp3) is 0.200. The molecule has 0 saturated carbocycles. The maximum atomic E-state index is 12.6. The zero-order chi connectivity index (χ0) is 17.8. The largest absolute Gasteiger partial charge is 0.282 e. The number of rotatable bonds is 5. The van der Waals surface area contributed by atoms with E-state index in [-0.39, 0.29) is 5.56 Å². The lowest BCUT2D eigenvalue weighted by Crippen LogP contribution is -2.24. The number of halogens is 1. The molecule has 0 saturated heterocycles. The SMILES string of the molecule is CC(C)c1ccccc1Sc1cnn(Cc2ccccc2)c(=O)c1Br. The molecule has 0 amide bonds. The first kappa shape index (κ1) is 18.0. The Hall–Kier alpha value is -1.85. The van der Waals surface area contributed by atoms with Gasteiger partial charge < -0.3 is 0 Å². The van der Waals surface area contributed by atoms with Gasteiger partial charge >= 0.3 is 0 Å². The molecule has 1 aromatic heterocycles. The Morgan fingerprint density at radius 3 is 2.44 bits per heavy atom. The molecule has 128 valence electrons. The summed E-state index contributed by atoms with van der Waals surface area (Å²) in [5, 5.41) is 4.36. The average molecular weight is 415 g/mol. The Morgan fingerprint density at radius 1 is 1.04 bits per heavy atom. The molecule has 0 N–H and O–H groups in total. The Labute approximate surface area is 160 Å². The second-order valence-electron chi connectivity index (χ2n) is 6.07. The third kappa shape index (κ3) is 4.22. The molecule has 0 atom stereocenters. The van der Waals surface area contributed by atoms with Crippen LogP contribution in [0.1, 0.15) is 30.9 Å². The van der Waals surface area contributed by atoms with E-state index in [2.05, 4.69) is 47.0 Å². The summed E-state index contributed by atoms with van der Waals surface area (Å²) in [7, 11) is 0. The van der Waals surface area contributed by atoms with Crippen molar-refractivity contribution in [1.82, 2.24) is 9.78 Å². The minimum absolute atomic E-state index is 0.115. The third-order valence-electron chi connectivity index (χ3n) is 3.89. The van der Waals surface area contributed by atoms with E-state index in [0.29, 0.717) is 16.9 Å². The molecule has 0 aliphatic heterocycles. The molecule has 0 aliphatic rings. The van der Waals surface area contributed by atoms with Crippen LogP contribution in [0.5, 0.6) is 0 Å². The molecule has 2 aromatic carbocycles. The summed E-state index contributed by atoms with van der Waals surface area (Å²) in [6.45, 7) is 4.81. The molecule has 5 heteroatoms. The highest BCUT2D eigenvalue weighted by Gasteiger charge is 2.13. The van der Waals surface area contributed by atoms with Gasteiger partial charge in [0.15, 0.2) is 0 Å². The molecule has 1 heterocycles. The van der Waals surface area contributed by atoms with E-state index in [1.807, 2.05) is 42.5 Å². The molecular formula is C20H19BrN2OS. The smallest absolute Gasteiger partial charge is 0.266 e. The molecule has 25 heavy (non-hydrogen) atoms. The summed E-state index contributed by atoms with van der Waals surface area (Å²) in [4.78, 5) is 14.6. The van der Waals surface area contributed by atoms with Crippen LogP contribution in [0.25, 0.3) is 0 Å². The standard InChI is InChI=1S/C20H19BrN2OS/c1-14(2)16-10-6-7-11-17(16)25-18-12-22-23(20(24)19(18)21)13-15-8-4-3-5-9-15/h3-12,14H,13H2,1-2H3. The average Bonchev–Trinajstić information content (AvgIpc) is 2.62. The van der Waals surface area contributed by atoms with E-state index in [9.17, 15) is 4.79 Å². The van der Waals surface area contributed by atoms with Gasteiger partial charge in [-0.1, -0.05) is 74.1 Å². The second kappa shape index (κ2) is 8.02. The van der Waals surface area contributed by atoms with Crippen LogP contribution in [0.2, 0.25) is 0 Å². The van der Waals surface area contributed by atoms with Crippen molar-refractivity contribution in [3.63, 3.8) is 0 Å². The lowest BCUT2D eigenvalue weighted by atomic mass is 10.0. The number of benzene rings is 2. The summed E-state index contributed by atoms with van der Waals surface area (Å²) in [6, 6.07) is 18.1. The topological polar surface area (TPSA) is 34.9 Å². The normalized spacial score (nSPS) is 11.0. The van der Waals surface area contributed by atoms with E-state index in [0.717, 1.165) is 15.4 Å². The van der Waals surface area contributed by atoms with Crippen molar-refractivity contribution < 1.29 is 0 Å².